The lowest BCUT2D eigenvalue weighted by Crippen LogP contribution is -2.06. The first-order valence-corrected chi connectivity index (χ1v) is 4.96. The first kappa shape index (κ1) is 10.1. The van der Waals surface area contributed by atoms with Crippen molar-refractivity contribution in [2.24, 2.45) is 0 Å². The van der Waals surface area contributed by atoms with Crippen LogP contribution in [0, 0.1) is 0 Å². The van der Waals surface area contributed by atoms with Gasteiger partial charge < -0.3 is 10.1 Å². The van der Waals surface area contributed by atoms with Crippen LogP contribution in [0.25, 0.3) is 10.9 Å². The summed E-state index contributed by atoms with van der Waals surface area (Å²) in [6, 6.07) is 5.40. The van der Waals surface area contributed by atoms with Gasteiger partial charge in [0.2, 0.25) is 0 Å². The summed E-state index contributed by atoms with van der Waals surface area (Å²) < 4.78 is 0. The molecule has 0 spiro atoms. The number of fused-ring (bicyclic) bond motifs is 1. The Labute approximate surface area is 91.7 Å². The van der Waals surface area contributed by atoms with Crippen LogP contribution >= 0.6 is 11.6 Å². The molecule has 0 bridgehead atoms. The van der Waals surface area contributed by atoms with Crippen LogP contribution < -0.4 is 0 Å². The normalized spacial score (nSPS) is 12.9. The molecule has 78 valence electrons. The summed E-state index contributed by atoms with van der Waals surface area (Å²) >= 11 is 5.87. The van der Waals surface area contributed by atoms with Gasteiger partial charge in [-0.25, -0.2) is 0 Å². The minimum absolute atomic E-state index is 0.530. The zero-order valence-electron chi connectivity index (χ0n) is 8.12. The van der Waals surface area contributed by atoms with Gasteiger partial charge in [-0.1, -0.05) is 11.6 Å². The number of hydrogen-bond donors (Lipinski definition) is 2. The van der Waals surface area contributed by atoms with Crippen molar-refractivity contribution in [3.63, 3.8) is 0 Å². The van der Waals surface area contributed by atoms with Crippen LogP contribution in [-0.4, -0.2) is 16.1 Å². The van der Waals surface area contributed by atoms with Gasteiger partial charge >= 0.3 is 5.97 Å². The quantitative estimate of drug-likeness (QED) is 0.822. The minimum Gasteiger partial charge on any atom is -0.481 e. The van der Waals surface area contributed by atoms with Crippen LogP contribution in [-0.2, 0) is 4.79 Å². The molecule has 2 aromatic rings. The minimum atomic E-state index is -0.837. The van der Waals surface area contributed by atoms with Crippen molar-refractivity contribution in [2.75, 3.05) is 0 Å². The number of aromatic amines is 1. The molecule has 2 N–H and O–H groups in total. The fourth-order valence-corrected chi connectivity index (χ4v) is 1.78. The highest BCUT2D eigenvalue weighted by atomic mass is 35.5. The van der Waals surface area contributed by atoms with Crippen LogP contribution in [0.1, 0.15) is 18.4 Å². The average Bonchev–Trinajstić information content (AvgIpc) is 2.59. The molecule has 1 aromatic heterocycles. The molecule has 15 heavy (non-hydrogen) atoms. The molecule has 4 heteroatoms. The summed E-state index contributed by atoms with van der Waals surface area (Å²) in [4.78, 5) is 13.9. The molecule has 0 aliphatic carbocycles. The van der Waals surface area contributed by atoms with Crippen molar-refractivity contribution in [2.45, 2.75) is 12.8 Å². The largest absolute Gasteiger partial charge is 0.481 e. The van der Waals surface area contributed by atoms with Crippen LogP contribution in [0.2, 0.25) is 5.02 Å². The monoisotopic (exact) mass is 223 g/mol. The van der Waals surface area contributed by atoms with E-state index < -0.39 is 11.9 Å². The fraction of sp³-hybridized carbons (Fsp3) is 0.182. The number of rotatable bonds is 2. The maximum atomic E-state index is 10.9. The lowest BCUT2D eigenvalue weighted by Gasteiger charge is -2.03. The van der Waals surface area contributed by atoms with Gasteiger partial charge in [-0.3, -0.25) is 4.79 Å². The number of hydrogen-bond acceptors (Lipinski definition) is 1. The van der Waals surface area contributed by atoms with Gasteiger partial charge in [0.05, 0.1) is 5.92 Å². The molecule has 1 unspecified atom stereocenters. The number of benzene rings is 1. The third kappa shape index (κ3) is 1.70. The lowest BCUT2D eigenvalue weighted by molar-refractivity contribution is -0.138. The van der Waals surface area contributed by atoms with Crippen molar-refractivity contribution >= 4 is 28.5 Å². The number of nitrogens with one attached hydrogen (secondary N) is 1. The third-order valence-corrected chi connectivity index (χ3v) is 2.75. The van der Waals surface area contributed by atoms with Crippen molar-refractivity contribution < 1.29 is 9.90 Å². The molecule has 1 aromatic carbocycles. The number of carbonyl (C=O) groups is 1. The van der Waals surface area contributed by atoms with E-state index >= 15 is 0 Å². The van der Waals surface area contributed by atoms with Gasteiger partial charge in [0.1, 0.15) is 0 Å². The molecule has 1 atom stereocenters. The van der Waals surface area contributed by atoms with E-state index in [0.717, 1.165) is 16.5 Å². The number of halogens is 1. The van der Waals surface area contributed by atoms with Crippen molar-refractivity contribution in [1.82, 2.24) is 4.98 Å². The second-order valence-corrected chi connectivity index (χ2v) is 3.93. The Morgan fingerprint density at radius 1 is 1.53 bits per heavy atom. The van der Waals surface area contributed by atoms with Gasteiger partial charge in [-0.05, 0) is 30.7 Å². The molecule has 2 rings (SSSR count). The summed E-state index contributed by atoms with van der Waals surface area (Å²) in [5.74, 6) is -1.37. The number of aliphatic carboxylic acids is 1. The summed E-state index contributed by atoms with van der Waals surface area (Å²) in [6.07, 6.45) is 1.72. The molecular weight excluding hydrogens is 214 g/mol. The second kappa shape index (κ2) is 3.59. The Kier molecular flexibility index (Phi) is 2.40. The summed E-state index contributed by atoms with van der Waals surface area (Å²) in [5, 5.41) is 10.4. The van der Waals surface area contributed by atoms with E-state index in [2.05, 4.69) is 4.98 Å². The Balaban J connectivity index is 2.61. The number of aromatic nitrogens is 1. The van der Waals surface area contributed by atoms with Crippen molar-refractivity contribution in [1.29, 1.82) is 0 Å². The number of carboxylic acids is 1. The van der Waals surface area contributed by atoms with E-state index in [-0.39, 0.29) is 0 Å². The van der Waals surface area contributed by atoms with Crippen LogP contribution in [0.15, 0.2) is 24.4 Å². The first-order valence-electron chi connectivity index (χ1n) is 4.59. The summed E-state index contributed by atoms with van der Waals surface area (Å²) in [5.41, 5.74) is 1.67. The maximum Gasteiger partial charge on any atom is 0.310 e. The molecule has 0 saturated carbocycles. The molecule has 0 radical (unpaired) electrons. The molecule has 0 amide bonds. The van der Waals surface area contributed by atoms with E-state index in [1.807, 2.05) is 6.07 Å². The fourth-order valence-electron chi connectivity index (χ4n) is 1.61. The van der Waals surface area contributed by atoms with E-state index in [1.54, 1.807) is 25.3 Å². The number of carboxylic acid groups (broad SMARTS) is 1. The highest BCUT2D eigenvalue weighted by Gasteiger charge is 2.17. The van der Waals surface area contributed by atoms with E-state index in [1.165, 1.54) is 0 Å². The maximum absolute atomic E-state index is 10.9. The Morgan fingerprint density at radius 3 is 2.93 bits per heavy atom. The van der Waals surface area contributed by atoms with E-state index in [0.29, 0.717) is 5.02 Å². The van der Waals surface area contributed by atoms with Gasteiger partial charge in [-0.2, -0.15) is 0 Å². The van der Waals surface area contributed by atoms with Gasteiger partial charge in [0, 0.05) is 22.1 Å². The molecule has 0 aliphatic rings. The van der Waals surface area contributed by atoms with E-state index in [4.69, 9.17) is 16.7 Å². The highest BCUT2D eigenvalue weighted by Crippen LogP contribution is 2.27. The molecular formula is C11H10ClNO2. The Bertz CT molecular complexity index is 518. The Hall–Kier alpha value is -1.48. The molecule has 0 fully saturated rings. The zero-order valence-corrected chi connectivity index (χ0v) is 8.88. The first-order chi connectivity index (χ1) is 7.09. The third-order valence-electron chi connectivity index (χ3n) is 2.51. The Morgan fingerprint density at radius 2 is 2.27 bits per heavy atom. The van der Waals surface area contributed by atoms with Crippen LogP contribution in [0.3, 0.4) is 0 Å². The zero-order chi connectivity index (χ0) is 11.0. The van der Waals surface area contributed by atoms with Crippen molar-refractivity contribution in [3.05, 3.63) is 35.0 Å². The standard InChI is InChI=1S/C11H10ClNO2/c1-6(11(14)15)9-5-13-10-3-2-7(12)4-8(9)10/h2-6,13H,1H3,(H,14,15). The van der Waals surface area contributed by atoms with Gasteiger partial charge in [-0.15, -0.1) is 0 Å². The highest BCUT2D eigenvalue weighted by molar-refractivity contribution is 6.31. The van der Waals surface area contributed by atoms with Crippen LogP contribution in [0.4, 0.5) is 0 Å². The summed E-state index contributed by atoms with van der Waals surface area (Å²) in [6.45, 7) is 1.66. The predicted octanol–water partition coefficient (Wildman–Crippen LogP) is 3.01. The number of H-pyrrole nitrogens is 1. The molecule has 0 aliphatic heterocycles. The van der Waals surface area contributed by atoms with Crippen LogP contribution in [0.5, 0.6) is 0 Å². The smallest absolute Gasteiger partial charge is 0.310 e. The average molecular weight is 224 g/mol. The molecule has 0 saturated heterocycles. The van der Waals surface area contributed by atoms with E-state index in [9.17, 15) is 4.79 Å². The lowest BCUT2D eigenvalue weighted by atomic mass is 10.0. The molecule has 3 nitrogen and oxygen atoms in total. The van der Waals surface area contributed by atoms with Crippen molar-refractivity contribution in [3.8, 4) is 0 Å². The van der Waals surface area contributed by atoms with Gasteiger partial charge in [0.15, 0.2) is 0 Å². The summed E-state index contributed by atoms with van der Waals surface area (Å²) in [7, 11) is 0. The predicted molar refractivity (Wildman–Crippen MR) is 59.4 cm³/mol. The van der Waals surface area contributed by atoms with Gasteiger partial charge in [0.25, 0.3) is 0 Å². The topological polar surface area (TPSA) is 53.1 Å². The second-order valence-electron chi connectivity index (χ2n) is 3.49. The SMILES string of the molecule is CC(C(=O)O)c1c[nH]c2ccc(Cl)cc12. The molecule has 1 heterocycles.